The summed E-state index contributed by atoms with van der Waals surface area (Å²) < 4.78 is 22.3. The molecule has 0 saturated carbocycles. The summed E-state index contributed by atoms with van der Waals surface area (Å²) in [4.78, 5) is 25.1. The molecule has 1 amide bonds. The van der Waals surface area contributed by atoms with Crippen LogP contribution in [0.5, 0.6) is 23.0 Å². The zero-order valence-electron chi connectivity index (χ0n) is 18.6. The van der Waals surface area contributed by atoms with Crippen LogP contribution in [0.1, 0.15) is 20.8 Å². The van der Waals surface area contributed by atoms with Gasteiger partial charge in [-0.05, 0) is 45.0 Å². The normalized spacial score (nSPS) is 11.7. The number of ether oxygens (including phenoxy) is 4. The molecule has 0 aromatic heterocycles. The summed E-state index contributed by atoms with van der Waals surface area (Å²) >= 11 is 6.27. The molecule has 0 heterocycles. The third kappa shape index (κ3) is 6.10. The van der Waals surface area contributed by atoms with Gasteiger partial charge in [0.1, 0.15) is 17.2 Å². The minimum Gasteiger partial charge on any atom is -0.497 e. The largest absolute Gasteiger partial charge is 0.497 e. The maximum absolute atomic E-state index is 13.0. The van der Waals surface area contributed by atoms with Gasteiger partial charge in [-0.25, -0.2) is 4.42 Å². The first-order valence-corrected chi connectivity index (χ1v) is 10.2. The van der Waals surface area contributed by atoms with E-state index in [0.29, 0.717) is 41.9 Å². The molecule has 0 spiro atoms. The zero-order chi connectivity index (χ0) is 23.7. The Morgan fingerprint density at radius 1 is 0.969 bits per heavy atom. The van der Waals surface area contributed by atoms with Crippen molar-refractivity contribution in [2.24, 2.45) is 10.2 Å². The number of hydrogen-bond donors (Lipinski definition) is 0. The Labute approximate surface area is 192 Å². The molecule has 32 heavy (non-hydrogen) atoms. The van der Waals surface area contributed by atoms with E-state index in [2.05, 4.69) is 10.2 Å². The van der Waals surface area contributed by atoms with Crippen molar-refractivity contribution in [2.75, 3.05) is 31.9 Å². The average Bonchev–Trinajstić information content (AvgIpc) is 2.79. The highest BCUT2D eigenvalue weighted by molar-refractivity contribution is 6.39. The number of carbonyl (C=O) groups excluding carboxylic acids is 2. The monoisotopic (exact) mass is 463 g/mol. The van der Waals surface area contributed by atoms with Gasteiger partial charge in [0.2, 0.25) is 6.04 Å². The van der Waals surface area contributed by atoms with Gasteiger partial charge in [-0.3, -0.25) is 9.59 Å². The molecule has 172 valence electrons. The summed E-state index contributed by atoms with van der Waals surface area (Å²) in [6, 6.07) is 8.25. The van der Waals surface area contributed by atoms with Crippen LogP contribution < -0.4 is 23.4 Å². The number of hydrogen-bond acceptors (Lipinski definition) is 8. The number of ketones is 1. The number of amides is 1. The second kappa shape index (κ2) is 11.9. The Morgan fingerprint density at radius 3 is 2.22 bits per heavy atom. The van der Waals surface area contributed by atoms with Crippen LogP contribution in [-0.4, -0.2) is 45.2 Å². The highest BCUT2D eigenvalue weighted by Gasteiger charge is 2.30. The topological polar surface area (TPSA) is 99.0 Å². The van der Waals surface area contributed by atoms with Crippen molar-refractivity contribution < 1.29 is 28.5 Å². The molecule has 2 rings (SSSR count). The minimum absolute atomic E-state index is 0.208. The van der Waals surface area contributed by atoms with E-state index in [-0.39, 0.29) is 5.69 Å². The number of anilines is 1. The Balaban J connectivity index is 2.32. The lowest BCUT2D eigenvalue weighted by molar-refractivity contribution is -0.126. The Kier molecular flexibility index (Phi) is 9.27. The van der Waals surface area contributed by atoms with Crippen LogP contribution in [0, 0.1) is 0 Å². The number of nitrogens with zero attached hydrogens (tertiary/aromatic N) is 3. The van der Waals surface area contributed by atoms with Crippen molar-refractivity contribution in [3.63, 3.8) is 0 Å². The van der Waals surface area contributed by atoms with Crippen LogP contribution in [0.3, 0.4) is 0 Å². The summed E-state index contributed by atoms with van der Waals surface area (Å²) in [6.45, 7) is 5.84. The molecule has 10 heteroatoms. The van der Waals surface area contributed by atoms with Crippen molar-refractivity contribution >= 4 is 34.8 Å². The Bertz CT molecular complexity index is 982. The number of halogens is 1. The van der Waals surface area contributed by atoms with E-state index in [9.17, 15) is 9.59 Å². The fourth-order valence-corrected chi connectivity index (χ4v) is 2.93. The first-order chi connectivity index (χ1) is 15.4. The molecule has 0 N–H and O–H groups in total. The predicted molar refractivity (Wildman–Crippen MR) is 121 cm³/mol. The molecule has 2 aromatic carbocycles. The van der Waals surface area contributed by atoms with Crippen molar-refractivity contribution in [3.8, 4) is 23.0 Å². The van der Waals surface area contributed by atoms with Crippen LogP contribution in [0.15, 0.2) is 46.6 Å². The van der Waals surface area contributed by atoms with E-state index in [1.54, 1.807) is 30.3 Å². The highest BCUT2D eigenvalue weighted by Crippen LogP contribution is 2.35. The van der Waals surface area contributed by atoms with Gasteiger partial charge in [0.25, 0.3) is 5.91 Å². The SMILES string of the molecule is CCOc1ccc(N=NC(C(C)=O)C(=O)N(Cl)c2cc(OC)ccc2OC)cc1OCC. The van der Waals surface area contributed by atoms with Gasteiger partial charge in [0.05, 0.1) is 33.1 Å². The molecule has 0 fully saturated rings. The molecule has 0 aliphatic rings. The first kappa shape index (κ1) is 24.9. The van der Waals surface area contributed by atoms with Gasteiger partial charge < -0.3 is 18.9 Å². The Morgan fingerprint density at radius 2 is 1.62 bits per heavy atom. The Hall–Kier alpha value is -3.33. The number of carbonyl (C=O) groups is 2. The summed E-state index contributed by atoms with van der Waals surface area (Å²) in [5.74, 6) is 0.508. The van der Waals surface area contributed by atoms with E-state index >= 15 is 0 Å². The lowest BCUT2D eigenvalue weighted by atomic mass is 10.2. The molecule has 2 aromatic rings. The smallest absolute Gasteiger partial charge is 0.276 e. The van der Waals surface area contributed by atoms with E-state index in [1.807, 2.05) is 13.8 Å². The standard InChI is InChI=1S/C22H26ClN3O6/c1-6-31-19-10-8-15(12-20(19)32-7-2)24-25-21(14(3)27)22(28)26(23)17-13-16(29-4)9-11-18(17)30-5/h8-13,21H,6-7H2,1-5H3. The van der Waals surface area contributed by atoms with E-state index in [4.69, 9.17) is 30.7 Å². The van der Waals surface area contributed by atoms with Gasteiger partial charge >= 0.3 is 0 Å². The molecule has 0 aliphatic heterocycles. The van der Waals surface area contributed by atoms with Gasteiger partial charge in [-0.1, -0.05) is 0 Å². The summed E-state index contributed by atoms with van der Waals surface area (Å²) in [7, 11) is 2.91. The number of Topliss-reactive ketones (excluding diaryl/α,β-unsaturated/α-hetero) is 1. The molecule has 9 nitrogen and oxygen atoms in total. The molecule has 1 unspecified atom stereocenters. The van der Waals surface area contributed by atoms with E-state index in [0.717, 1.165) is 4.42 Å². The van der Waals surface area contributed by atoms with Crippen LogP contribution >= 0.6 is 11.8 Å². The van der Waals surface area contributed by atoms with Crippen LogP contribution in [0.25, 0.3) is 0 Å². The van der Waals surface area contributed by atoms with Crippen molar-refractivity contribution in [2.45, 2.75) is 26.8 Å². The van der Waals surface area contributed by atoms with E-state index < -0.39 is 17.7 Å². The number of rotatable bonds is 11. The van der Waals surface area contributed by atoms with E-state index in [1.165, 1.54) is 27.2 Å². The molecule has 0 saturated heterocycles. The first-order valence-electron chi connectivity index (χ1n) is 9.88. The maximum atomic E-state index is 13.0. The van der Waals surface area contributed by atoms with Gasteiger partial charge in [-0.2, -0.15) is 10.2 Å². The van der Waals surface area contributed by atoms with Gasteiger partial charge in [0, 0.05) is 23.9 Å². The van der Waals surface area contributed by atoms with Crippen LogP contribution in [0.4, 0.5) is 11.4 Å². The van der Waals surface area contributed by atoms with Crippen molar-refractivity contribution in [1.29, 1.82) is 0 Å². The van der Waals surface area contributed by atoms with Gasteiger partial charge in [0.15, 0.2) is 17.3 Å². The van der Waals surface area contributed by atoms with Crippen LogP contribution in [-0.2, 0) is 9.59 Å². The van der Waals surface area contributed by atoms with Crippen LogP contribution in [0.2, 0.25) is 0 Å². The second-order valence-electron chi connectivity index (χ2n) is 6.38. The molecule has 0 bridgehead atoms. The molecular formula is C22H26ClN3O6. The minimum atomic E-state index is -1.45. The van der Waals surface area contributed by atoms with Crippen molar-refractivity contribution in [3.05, 3.63) is 36.4 Å². The zero-order valence-corrected chi connectivity index (χ0v) is 19.4. The molecule has 0 radical (unpaired) electrons. The lowest BCUT2D eigenvalue weighted by Gasteiger charge is -2.19. The molecule has 1 atom stereocenters. The second-order valence-corrected chi connectivity index (χ2v) is 6.72. The summed E-state index contributed by atoms with van der Waals surface area (Å²) in [5, 5.41) is 8.00. The quantitative estimate of drug-likeness (QED) is 0.271. The fraction of sp³-hybridized carbons (Fsp3) is 0.364. The highest BCUT2D eigenvalue weighted by atomic mass is 35.5. The predicted octanol–water partition coefficient (Wildman–Crippen LogP) is 4.73. The number of methoxy groups -OCH3 is 2. The van der Waals surface area contributed by atoms with Crippen molar-refractivity contribution in [1.82, 2.24) is 0 Å². The number of azo groups is 1. The maximum Gasteiger partial charge on any atom is 0.276 e. The average molecular weight is 464 g/mol. The summed E-state index contributed by atoms with van der Waals surface area (Å²) in [5.41, 5.74) is 0.593. The lowest BCUT2D eigenvalue weighted by Crippen LogP contribution is -2.36. The van der Waals surface area contributed by atoms with Gasteiger partial charge in [-0.15, -0.1) is 0 Å². The third-order valence-electron chi connectivity index (χ3n) is 4.23. The third-order valence-corrected chi connectivity index (χ3v) is 4.57. The molecular weight excluding hydrogens is 438 g/mol. The summed E-state index contributed by atoms with van der Waals surface area (Å²) in [6.07, 6.45) is 0. The molecule has 0 aliphatic carbocycles. The fourth-order valence-electron chi connectivity index (χ4n) is 2.71. The number of benzene rings is 2.